The van der Waals surface area contributed by atoms with E-state index in [2.05, 4.69) is 15.4 Å². The molecular formula is C21H18ClN5O2. The van der Waals surface area contributed by atoms with Crippen molar-refractivity contribution < 1.29 is 4.79 Å². The topological polar surface area (TPSA) is 81.8 Å². The average Bonchev–Trinajstić information content (AvgIpc) is 3.18. The summed E-state index contributed by atoms with van der Waals surface area (Å²) >= 11 is 6.09. The molecule has 146 valence electrons. The second-order valence-corrected chi connectivity index (χ2v) is 6.90. The summed E-state index contributed by atoms with van der Waals surface area (Å²) in [6.07, 6.45) is 3.11. The van der Waals surface area contributed by atoms with Gasteiger partial charge in [0, 0.05) is 24.5 Å². The zero-order valence-electron chi connectivity index (χ0n) is 15.5. The molecule has 0 saturated carbocycles. The van der Waals surface area contributed by atoms with Crippen molar-refractivity contribution in [2.24, 2.45) is 0 Å². The quantitative estimate of drug-likeness (QED) is 0.532. The number of para-hydroxylation sites is 1. The molecule has 0 unspecified atom stereocenters. The number of aromatic nitrogens is 4. The van der Waals surface area contributed by atoms with Crippen LogP contribution in [0.15, 0.2) is 71.9 Å². The SMILES string of the molecule is O=C(CCn1cnc2c(cnn2-c2ccccc2)c1=O)NCc1ccccc1Cl. The number of halogens is 1. The van der Waals surface area contributed by atoms with E-state index in [1.165, 1.54) is 17.1 Å². The summed E-state index contributed by atoms with van der Waals surface area (Å²) in [6, 6.07) is 16.8. The number of nitrogens with one attached hydrogen (secondary N) is 1. The summed E-state index contributed by atoms with van der Waals surface area (Å²) in [6.45, 7) is 0.571. The van der Waals surface area contributed by atoms with Crippen molar-refractivity contribution in [3.05, 3.63) is 88.1 Å². The van der Waals surface area contributed by atoms with Crippen molar-refractivity contribution in [1.29, 1.82) is 0 Å². The molecule has 4 aromatic rings. The van der Waals surface area contributed by atoms with Gasteiger partial charge < -0.3 is 5.32 Å². The van der Waals surface area contributed by atoms with Crippen LogP contribution in [0.4, 0.5) is 0 Å². The first-order chi connectivity index (χ1) is 14.1. The molecule has 0 bridgehead atoms. The normalized spacial score (nSPS) is 10.9. The molecule has 2 heterocycles. The molecular weight excluding hydrogens is 390 g/mol. The van der Waals surface area contributed by atoms with E-state index in [1.807, 2.05) is 48.5 Å². The lowest BCUT2D eigenvalue weighted by atomic mass is 10.2. The second kappa shape index (κ2) is 8.28. The van der Waals surface area contributed by atoms with Crippen LogP contribution in [-0.4, -0.2) is 25.2 Å². The van der Waals surface area contributed by atoms with E-state index >= 15 is 0 Å². The van der Waals surface area contributed by atoms with Crippen molar-refractivity contribution in [2.45, 2.75) is 19.5 Å². The monoisotopic (exact) mass is 407 g/mol. The average molecular weight is 408 g/mol. The van der Waals surface area contributed by atoms with Gasteiger partial charge in [0.15, 0.2) is 5.65 Å². The minimum Gasteiger partial charge on any atom is -0.352 e. The van der Waals surface area contributed by atoms with E-state index in [0.29, 0.717) is 22.6 Å². The molecule has 1 N–H and O–H groups in total. The predicted molar refractivity (Wildman–Crippen MR) is 111 cm³/mol. The molecule has 0 saturated heterocycles. The van der Waals surface area contributed by atoms with E-state index in [1.54, 1.807) is 10.7 Å². The first-order valence-corrected chi connectivity index (χ1v) is 9.50. The fourth-order valence-corrected chi connectivity index (χ4v) is 3.21. The third-order valence-electron chi connectivity index (χ3n) is 4.57. The van der Waals surface area contributed by atoms with Crippen LogP contribution < -0.4 is 10.9 Å². The summed E-state index contributed by atoms with van der Waals surface area (Å²) in [4.78, 5) is 29.3. The van der Waals surface area contributed by atoms with Gasteiger partial charge in [0.1, 0.15) is 5.39 Å². The number of aryl methyl sites for hydroxylation is 1. The largest absolute Gasteiger partial charge is 0.352 e. The molecule has 0 fully saturated rings. The Kier molecular flexibility index (Phi) is 5.39. The fraction of sp³-hybridized carbons (Fsp3) is 0.143. The highest BCUT2D eigenvalue weighted by Gasteiger charge is 2.12. The Bertz CT molecular complexity index is 1220. The van der Waals surface area contributed by atoms with Crippen LogP contribution in [0.3, 0.4) is 0 Å². The number of carbonyl (C=O) groups is 1. The molecule has 0 spiro atoms. The van der Waals surface area contributed by atoms with Crippen molar-refractivity contribution in [1.82, 2.24) is 24.6 Å². The van der Waals surface area contributed by atoms with Gasteiger partial charge in [-0.05, 0) is 23.8 Å². The van der Waals surface area contributed by atoms with E-state index in [0.717, 1.165) is 11.3 Å². The van der Waals surface area contributed by atoms with Gasteiger partial charge in [0.25, 0.3) is 5.56 Å². The van der Waals surface area contributed by atoms with Crippen molar-refractivity contribution in [3.63, 3.8) is 0 Å². The van der Waals surface area contributed by atoms with Gasteiger partial charge in [0.05, 0.1) is 18.2 Å². The van der Waals surface area contributed by atoms with Crippen molar-refractivity contribution >= 4 is 28.5 Å². The van der Waals surface area contributed by atoms with Gasteiger partial charge in [-0.2, -0.15) is 5.10 Å². The second-order valence-electron chi connectivity index (χ2n) is 6.49. The lowest BCUT2D eigenvalue weighted by Crippen LogP contribution is -2.27. The number of amides is 1. The number of benzene rings is 2. The minimum absolute atomic E-state index is 0.157. The number of fused-ring (bicyclic) bond motifs is 1. The van der Waals surface area contributed by atoms with Gasteiger partial charge in [-0.3, -0.25) is 14.2 Å². The van der Waals surface area contributed by atoms with E-state index in [9.17, 15) is 9.59 Å². The Morgan fingerprint density at radius 2 is 1.83 bits per heavy atom. The molecule has 29 heavy (non-hydrogen) atoms. The lowest BCUT2D eigenvalue weighted by Gasteiger charge is -2.08. The number of hydrogen-bond donors (Lipinski definition) is 1. The third kappa shape index (κ3) is 4.05. The minimum atomic E-state index is -0.226. The van der Waals surface area contributed by atoms with Crippen LogP contribution >= 0.6 is 11.6 Å². The van der Waals surface area contributed by atoms with Gasteiger partial charge in [-0.25, -0.2) is 9.67 Å². The maximum absolute atomic E-state index is 12.7. The molecule has 4 rings (SSSR count). The highest BCUT2D eigenvalue weighted by atomic mass is 35.5. The number of rotatable bonds is 6. The van der Waals surface area contributed by atoms with E-state index < -0.39 is 0 Å². The first kappa shape index (κ1) is 18.9. The van der Waals surface area contributed by atoms with Crippen molar-refractivity contribution in [3.8, 4) is 5.69 Å². The number of carbonyl (C=O) groups excluding carboxylic acids is 1. The van der Waals surface area contributed by atoms with Gasteiger partial charge in [-0.15, -0.1) is 0 Å². The first-order valence-electron chi connectivity index (χ1n) is 9.12. The molecule has 0 aliphatic carbocycles. The number of nitrogens with zero attached hydrogens (tertiary/aromatic N) is 4. The van der Waals surface area contributed by atoms with Gasteiger partial charge >= 0.3 is 0 Å². The highest BCUT2D eigenvalue weighted by molar-refractivity contribution is 6.31. The van der Waals surface area contributed by atoms with Crippen LogP contribution in [0, 0.1) is 0 Å². The molecule has 7 nitrogen and oxygen atoms in total. The third-order valence-corrected chi connectivity index (χ3v) is 4.94. The lowest BCUT2D eigenvalue weighted by molar-refractivity contribution is -0.121. The number of hydrogen-bond acceptors (Lipinski definition) is 4. The summed E-state index contributed by atoms with van der Waals surface area (Å²) in [5, 5.41) is 8.12. The van der Waals surface area contributed by atoms with Crippen LogP contribution in [-0.2, 0) is 17.9 Å². The summed E-state index contributed by atoms with van der Waals surface area (Å²) < 4.78 is 3.05. The van der Waals surface area contributed by atoms with Crippen LogP contribution in [0.5, 0.6) is 0 Å². The molecule has 0 aliphatic rings. The molecule has 2 aromatic carbocycles. The molecule has 2 aromatic heterocycles. The van der Waals surface area contributed by atoms with Crippen LogP contribution in [0.2, 0.25) is 5.02 Å². The Labute approximate surface area is 171 Å². The van der Waals surface area contributed by atoms with Gasteiger partial charge in [0.2, 0.25) is 5.91 Å². The maximum Gasteiger partial charge on any atom is 0.264 e. The van der Waals surface area contributed by atoms with Crippen molar-refractivity contribution in [2.75, 3.05) is 0 Å². The Morgan fingerprint density at radius 3 is 2.62 bits per heavy atom. The predicted octanol–water partition coefficient (Wildman–Crippen LogP) is 2.94. The van der Waals surface area contributed by atoms with Crippen LogP contribution in [0.25, 0.3) is 16.7 Å². The highest BCUT2D eigenvalue weighted by Crippen LogP contribution is 2.15. The Balaban J connectivity index is 1.45. The smallest absolute Gasteiger partial charge is 0.264 e. The van der Waals surface area contributed by atoms with Crippen LogP contribution in [0.1, 0.15) is 12.0 Å². The summed E-state index contributed by atoms with van der Waals surface area (Å²) in [7, 11) is 0. The van der Waals surface area contributed by atoms with Gasteiger partial charge in [-0.1, -0.05) is 48.0 Å². The maximum atomic E-state index is 12.7. The molecule has 0 atom stereocenters. The summed E-state index contributed by atoms with van der Waals surface area (Å²) in [5.41, 5.74) is 1.93. The molecule has 0 radical (unpaired) electrons. The fourth-order valence-electron chi connectivity index (χ4n) is 3.01. The standard InChI is InChI=1S/C21H18ClN5O2/c22-18-9-5-4-6-15(18)12-23-19(28)10-11-26-14-24-20-17(21(26)29)13-25-27(20)16-7-2-1-3-8-16/h1-9,13-14H,10-12H2,(H,23,28). The zero-order chi connectivity index (χ0) is 20.2. The molecule has 0 aliphatic heterocycles. The summed E-state index contributed by atoms with van der Waals surface area (Å²) in [5.74, 6) is -0.170. The molecule has 1 amide bonds. The van der Waals surface area contributed by atoms with E-state index in [4.69, 9.17) is 11.6 Å². The Hall–Kier alpha value is -3.45. The molecule has 8 heteroatoms. The Morgan fingerprint density at radius 1 is 1.07 bits per heavy atom. The zero-order valence-corrected chi connectivity index (χ0v) is 16.2. The van der Waals surface area contributed by atoms with E-state index in [-0.39, 0.29) is 24.4 Å².